The van der Waals surface area contributed by atoms with Gasteiger partial charge in [-0.1, -0.05) is 45.4 Å². The smallest absolute Gasteiger partial charge is 0.0611 e. The molecule has 2 aliphatic rings. The normalized spacial score (nSPS) is 43.5. The molecule has 16 heavy (non-hydrogen) atoms. The zero-order valence-corrected chi connectivity index (χ0v) is 10.7. The monoisotopic (exact) mass is 220 g/mol. The van der Waals surface area contributed by atoms with Gasteiger partial charge in [-0.2, -0.15) is 0 Å². The summed E-state index contributed by atoms with van der Waals surface area (Å²) in [5, 5.41) is 10.3. The minimum Gasteiger partial charge on any atom is -0.392 e. The first kappa shape index (κ1) is 11.9. The maximum atomic E-state index is 10.3. The Balaban J connectivity index is 2.34. The first-order chi connectivity index (χ1) is 7.63. The van der Waals surface area contributed by atoms with Gasteiger partial charge in [-0.15, -0.1) is 0 Å². The number of hydrogen-bond acceptors (Lipinski definition) is 1. The molecular formula is C15H24O. The van der Waals surface area contributed by atoms with Crippen molar-refractivity contribution in [2.75, 3.05) is 0 Å². The molecule has 0 aromatic heterocycles. The number of aliphatic hydroxyl groups excluding tert-OH is 1. The molecule has 0 bridgehead atoms. The van der Waals surface area contributed by atoms with Gasteiger partial charge in [0.05, 0.1) is 6.10 Å². The average Bonchev–Trinajstić information content (AvgIpc) is 2.40. The van der Waals surface area contributed by atoms with E-state index in [9.17, 15) is 5.11 Å². The summed E-state index contributed by atoms with van der Waals surface area (Å²) in [6, 6.07) is 0. The molecule has 5 atom stereocenters. The van der Waals surface area contributed by atoms with E-state index in [1.807, 2.05) is 0 Å². The largest absolute Gasteiger partial charge is 0.392 e. The Morgan fingerprint density at radius 1 is 1.31 bits per heavy atom. The lowest BCUT2D eigenvalue weighted by Crippen LogP contribution is -2.33. The highest BCUT2D eigenvalue weighted by Gasteiger charge is 2.36. The number of fused-ring (bicyclic) bond motifs is 1. The SMILES string of the molecule is CC[C@H]1C(C)C=CC2=C[C@H](C)CC[C@H](O)[C@@H]21. The van der Waals surface area contributed by atoms with Crippen LogP contribution in [-0.4, -0.2) is 11.2 Å². The lowest BCUT2D eigenvalue weighted by Gasteiger charge is -2.36. The van der Waals surface area contributed by atoms with Crippen molar-refractivity contribution < 1.29 is 5.11 Å². The van der Waals surface area contributed by atoms with Gasteiger partial charge in [0.2, 0.25) is 0 Å². The maximum Gasteiger partial charge on any atom is 0.0611 e. The van der Waals surface area contributed by atoms with Crippen LogP contribution in [0.5, 0.6) is 0 Å². The van der Waals surface area contributed by atoms with E-state index in [-0.39, 0.29) is 6.10 Å². The highest BCUT2D eigenvalue weighted by Crippen LogP contribution is 2.41. The summed E-state index contributed by atoms with van der Waals surface area (Å²) in [6.45, 7) is 6.79. The highest BCUT2D eigenvalue weighted by molar-refractivity contribution is 5.30. The number of hydrogen-bond donors (Lipinski definition) is 1. The molecule has 1 nitrogen and oxygen atoms in total. The predicted octanol–water partition coefficient (Wildman–Crippen LogP) is 3.55. The van der Waals surface area contributed by atoms with Crippen LogP contribution in [0.2, 0.25) is 0 Å². The Hall–Kier alpha value is -0.560. The fraction of sp³-hybridized carbons (Fsp3) is 0.733. The molecule has 0 heterocycles. The second kappa shape index (κ2) is 4.75. The van der Waals surface area contributed by atoms with E-state index < -0.39 is 0 Å². The van der Waals surface area contributed by atoms with E-state index in [0.717, 1.165) is 12.8 Å². The van der Waals surface area contributed by atoms with Gasteiger partial charge >= 0.3 is 0 Å². The summed E-state index contributed by atoms with van der Waals surface area (Å²) in [4.78, 5) is 0. The lowest BCUT2D eigenvalue weighted by atomic mass is 9.70. The molecule has 2 aliphatic carbocycles. The molecule has 1 heteroatoms. The van der Waals surface area contributed by atoms with E-state index in [2.05, 4.69) is 39.0 Å². The van der Waals surface area contributed by atoms with Gasteiger partial charge < -0.3 is 5.11 Å². The molecular weight excluding hydrogens is 196 g/mol. The molecule has 90 valence electrons. The van der Waals surface area contributed by atoms with Gasteiger partial charge in [-0.25, -0.2) is 0 Å². The fourth-order valence-corrected chi connectivity index (χ4v) is 3.42. The Morgan fingerprint density at radius 2 is 2.06 bits per heavy atom. The van der Waals surface area contributed by atoms with Gasteiger partial charge in [-0.05, 0) is 36.2 Å². The molecule has 0 saturated carbocycles. The standard InChI is InChI=1S/C15H24O/c1-4-13-11(3)6-7-12-9-10(2)5-8-14(16)15(12)13/h6-7,9-11,13-16H,4-5,8H2,1-3H3/t10-,11?,13+,14+,15+/m1/s1. The average molecular weight is 220 g/mol. The Bertz CT molecular complexity index is 303. The summed E-state index contributed by atoms with van der Waals surface area (Å²) in [5.74, 6) is 2.23. The molecule has 0 saturated heterocycles. The Morgan fingerprint density at radius 3 is 2.75 bits per heavy atom. The second-order valence-corrected chi connectivity index (χ2v) is 5.60. The predicted molar refractivity (Wildman–Crippen MR) is 68.1 cm³/mol. The quantitative estimate of drug-likeness (QED) is 0.716. The van der Waals surface area contributed by atoms with Crippen LogP contribution in [0.1, 0.15) is 40.0 Å². The van der Waals surface area contributed by atoms with E-state index in [4.69, 9.17) is 0 Å². The van der Waals surface area contributed by atoms with Crippen molar-refractivity contribution in [2.24, 2.45) is 23.7 Å². The van der Waals surface area contributed by atoms with Crippen LogP contribution in [0.15, 0.2) is 23.8 Å². The molecule has 1 unspecified atom stereocenters. The molecule has 1 N–H and O–H groups in total. The second-order valence-electron chi connectivity index (χ2n) is 5.60. The van der Waals surface area contributed by atoms with Crippen LogP contribution >= 0.6 is 0 Å². The topological polar surface area (TPSA) is 20.2 Å². The highest BCUT2D eigenvalue weighted by atomic mass is 16.3. The fourth-order valence-electron chi connectivity index (χ4n) is 3.42. The van der Waals surface area contributed by atoms with Crippen LogP contribution in [0.4, 0.5) is 0 Å². The van der Waals surface area contributed by atoms with Crippen LogP contribution in [-0.2, 0) is 0 Å². The molecule has 0 spiro atoms. The lowest BCUT2D eigenvalue weighted by molar-refractivity contribution is 0.0708. The van der Waals surface area contributed by atoms with Crippen molar-refractivity contribution in [3.8, 4) is 0 Å². The Labute approximate surface area is 99.3 Å². The van der Waals surface area contributed by atoms with Gasteiger partial charge in [-0.3, -0.25) is 0 Å². The summed E-state index contributed by atoms with van der Waals surface area (Å²) in [5.41, 5.74) is 1.39. The number of rotatable bonds is 1. The molecule has 2 rings (SSSR count). The third kappa shape index (κ3) is 2.10. The van der Waals surface area contributed by atoms with E-state index in [1.54, 1.807) is 0 Å². The van der Waals surface area contributed by atoms with Gasteiger partial charge in [0.25, 0.3) is 0 Å². The minimum absolute atomic E-state index is 0.131. The van der Waals surface area contributed by atoms with Gasteiger partial charge in [0.1, 0.15) is 0 Å². The zero-order chi connectivity index (χ0) is 11.7. The van der Waals surface area contributed by atoms with Crippen molar-refractivity contribution in [2.45, 2.75) is 46.1 Å². The molecule has 0 aromatic carbocycles. The maximum absolute atomic E-state index is 10.3. The molecule has 0 aliphatic heterocycles. The zero-order valence-electron chi connectivity index (χ0n) is 10.7. The summed E-state index contributed by atoms with van der Waals surface area (Å²) in [7, 11) is 0. The van der Waals surface area contributed by atoms with Crippen molar-refractivity contribution in [1.82, 2.24) is 0 Å². The van der Waals surface area contributed by atoms with Crippen molar-refractivity contribution >= 4 is 0 Å². The molecule has 0 aromatic rings. The third-order valence-electron chi connectivity index (χ3n) is 4.39. The summed E-state index contributed by atoms with van der Waals surface area (Å²) >= 11 is 0. The molecule has 0 fully saturated rings. The molecule has 0 amide bonds. The van der Waals surface area contributed by atoms with Crippen molar-refractivity contribution in [1.29, 1.82) is 0 Å². The molecule has 0 radical (unpaired) electrons. The Kier molecular flexibility index (Phi) is 3.53. The van der Waals surface area contributed by atoms with E-state index in [0.29, 0.717) is 23.7 Å². The third-order valence-corrected chi connectivity index (χ3v) is 4.39. The first-order valence-electron chi connectivity index (χ1n) is 6.71. The first-order valence-corrected chi connectivity index (χ1v) is 6.71. The van der Waals surface area contributed by atoms with Gasteiger partial charge in [0, 0.05) is 5.92 Å². The van der Waals surface area contributed by atoms with Gasteiger partial charge in [0.15, 0.2) is 0 Å². The minimum atomic E-state index is -0.131. The van der Waals surface area contributed by atoms with E-state index in [1.165, 1.54) is 12.0 Å². The van der Waals surface area contributed by atoms with Crippen molar-refractivity contribution in [3.05, 3.63) is 23.8 Å². The number of allylic oxidation sites excluding steroid dienone is 3. The van der Waals surface area contributed by atoms with Crippen LogP contribution in [0.25, 0.3) is 0 Å². The van der Waals surface area contributed by atoms with Crippen LogP contribution < -0.4 is 0 Å². The number of aliphatic hydroxyl groups is 1. The van der Waals surface area contributed by atoms with Crippen LogP contribution in [0, 0.1) is 23.7 Å². The van der Waals surface area contributed by atoms with E-state index >= 15 is 0 Å². The van der Waals surface area contributed by atoms with Crippen LogP contribution in [0.3, 0.4) is 0 Å². The van der Waals surface area contributed by atoms with Crippen molar-refractivity contribution in [3.63, 3.8) is 0 Å². The summed E-state index contributed by atoms with van der Waals surface area (Å²) in [6.07, 6.45) is 10.1. The summed E-state index contributed by atoms with van der Waals surface area (Å²) < 4.78 is 0.